The third-order valence-electron chi connectivity index (χ3n) is 5.96. The van der Waals surface area contributed by atoms with Gasteiger partial charge in [-0.2, -0.15) is 0 Å². The highest BCUT2D eigenvalue weighted by Crippen LogP contribution is 2.48. The van der Waals surface area contributed by atoms with Crippen LogP contribution in [-0.4, -0.2) is 25.0 Å². The third-order valence-corrected chi connectivity index (χ3v) is 5.96. The van der Waals surface area contributed by atoms with Crippen LogP contribution in [-0.2, 0) is 14.4 Å². The Kier molecular flexibility index (Phi) is 4.71. The van der Waals surface area contributed by atoms with Gasteiger partial charge in [-0.1, -0.05) is 42.5 Å². The summed E-state index contributed by atoms with van der Waals surface area (Å²) in [4.78, 5) is 34.3. The van der Waals surface area contributed by atoms with Crippen molar-refractivity contribution in [1.29, 1.82) is 0 Å². The molecule has 6 nitrogen and oxygen atoms in total. The van der Waals surface area contributed by atoms with Crippen LogP contribution in [0.25, 0.3) is 0 Å². The molecule has 2 heterocycles. The number of nitrogens with zero attached hydrogens (tertiary/aromatic N) is 2. The van der Waals surface area contributed by atoms with E-state index in [4.69, 9.17) is 9.57 Å². The summed E-state index contributed by atoms with van der Waals surface area (Å²) in [6.07, 6.45) is -0.876. The minimum Gasteiger partial charge on any atom is -0.497 e. The standard InChI is InChI=1S/C25H22N2O4/c1-16-8-6-7-11-20(16)22-21-23(31-27(22)18-9-4-3-5-10-18)25(29)26(24(21)28)17-12-14-19(30-2)15-13-17/h3-15,21-23H,1-2H3/t21-,22-,23+/m0/s1. The summed E-state index contributed by atoms with van der Waals surface area (Å²) in [5.74, 6) is -0.590. The largest absolute Gasteiger partial charge is 0.497 e. The number of fused-ring (bicyclic) bond motifs is 1. The van der Waals surface area contributed by atoms with E-state index in [0.29, 0.717) is 11.4 Å². The van der Waals surface area contributed by atoms with E-state index in [2.05, 4.69) is 0 Å². The molecule has 2 aliphatic rings. The number of hydrogen-bond donors (Lipinski definition) is 0. The maximum Gasteiger partial charge on any atom is 0.266 e. The van der Waals surface area contributed by atoms with Crippen LogP contribution < -0.4 is 14.7 Å². The van der Waals surface area contributed by atoms with Gasteiger partial charge in [-0.05, 0) is 54.4 Å². The molecule has 0 bridgehead atoms. The number of ether oxygens (including phenoxy) is 1. The van der Waals surface area contributed by atoms with Crippen molar-refractivity contribution in [1.82, 2.24) is 0 Å². The molecular weight excluding hydrogens is 392 g/mol. The average molecular weight is 414 g/mol. The zero-order valence-corrected chi connectivity index (χ0v) is 17.3. The Morgan fingerprint density at radius 3 is 2.16 bits per heavy atom. The predicted molar refractivity (Wildman–Crippen MR) is 117 cm³/mol. The molecule has 0 spiro atoms. The van der Waals surface area contributed by atoms with Crippen LogP contribution >= 0.6 is 0 Å². The molecule has 0 saturated carbocycles. The van der Waals surface area contributed by atoms with E-state index in [-0.39, 0.29) is 11.8 Å². The number of hydrogen-bond acceptors (Lipinski definition) is 5. The van der Waals surface area contributed by atoms with E-state index in [1.54, 1.807) is 36.4 Å². The lowest BCUT2D eigenvalue weighted by Crippen LogP contribution is -2.37. The normalized spacial score (nSPS) is 22.7. The summed E-state index contributed by atoms with van der Waals surface area (Å²) in [6.45, 7) is 2.01. The number of benzene rings is 3. The Bertz CT molecular complexity index is 1130. The maximum absolute atomic E-state index is 13.6. The monoisotopic (exact) mass is 414 g/mol. The van der Waals surface area contributed by atoms with E-state index in [1.807, 2.05) is 61.5 Å². The first-order valence-corrected chi connectivity index (χ1v) is 10.2. The van der Waals surface area contributed by atoms with Crippen LogP contribution in [0, 0.1) is 12.8 Å². The third kappa shape index (κ3) is 3.07. The van der Waals surface area contributed by atoms with Gasteiger partial charge in [0, 0.05) is 0 Å². The van der Waals surface area contributed by atoms with Gasteiger partial charge in [0.15, 0.2) is 6.10 Å². The quantitative estimate of drug-likeness (QED) is 0.603. The van der Waals surface area contributed by atoms with Crippen molar-refractivity contribution in [3.05, 3.63) is 90.0 Å². The van der Waals surface area contributed by atoms with Crippen molar-refractivity contribution in [2.24, 2.45) is 5.92 Å². The smallest absolute Gasteiger partial charge is 0.266 e. The van der Waals surface area contributed by atoms with Gasteiger partial charge in [-0.15, -0.1) is 0 Å². The maximum atomic E-state index is 13.6. The van der Waals surface area contributed by atoms with Gasteiger partial charge in [-0.25, -0.2) is 9.96 Å². The van der Waals surface area contributed by atoms with E-state index in [0.717, 1.165) is 16.8 Å². The second-order valence-electron chi connectivity index (χ2n) is 7.72. The molecule has 0 unspecified atom stereocenters. The highest BCUT2D eigenvalue weighted by molar-refractivity contribution is 6.23. The number of hydroxylamine groups is 1. The Morgan fingerprint density at radius 1 is 0.806 bits per heavy atom. The molecular formula is C25H22N2O4. The summed E-state index contributed by atoms with van der Waals surface area (Å²) >= 11 is 0. The van der Waals surface area contributed by atoms with Crippen molar-refractivity contribution < 1.29 is 19.2 Å². The number of imide groups is 1. The van der Waals surface area contributed by atoms with Crippen molar-refractivity contribution in [3.8, 4) is 5.75 Å². The highest BCUT2D eigenvalue weighted by Gasteiger charge is 2.60. The van der Waals surface area contributed by atoms with E-state index < -0.39 is 18.1 Å². The molecule has 31 heavy (non-hydrogen) atoms. The van der Waals surface area contributed by atoms with Gasteiger partial charge in [0.05, 0.1) is 24.5 Å². The average Bonchev–Trinajstić information content (AvgIpc) is 3.31. The molecule has 2 aliphatic heterocycles. The number of para-hydroxylation sites is 1. The minimum atomic E-state index is -0.876. The number of amides is 2. The Balaban J connectivity index is 1.58. The van der Waals surface area contributed by atoms with Gasteiger partial charge in [0.25, 0.3) is 5.91 Å². The van der Waals surface area contributed by atoms with Crippen molar-refractivity contribution in [3.63, 3.8) is 0 Å². The summed E-state index contributed by atoms with van der Waals surface area (Å²) < 4.78 is 5.19. The van der Waals surface area contributed by atoms with E-state index in [1.165, 1.54) is 4.90 Å². The molecule has 3 atom stereocenters. The van der Waals surface area contributed by atoms with Crippen LogP contribution in [0.3, 0.4) is 0 Å². The first kappa shape index (κ1) is 19.3. The molecule has 0 N–H and O–H groups in total. The number of rotatable bonds is 4. The first-order chi connectivity index (χ1) is 15.1. The predicted octanol–water partition coefficient (Wildman–Crippen LogP) is 4.05. The van der Waals surface area contributed by atoms with Crippen LogP contribution in [0.2, 0.25) is 0 Å². The Labute approximate surface area is 180 Å². The van der Waals surface area contributed by atoms with Crippen LogP contribution in [0.15, 0.2) is 78.9 Å². The van der Waals surface area contributed by atoms with Gasteiger partial charge < -0.3 is 4.74 Å². The fourth-order valence-corrected chi connectivity index (χ4v) is 4.43. The molecule has 3 aromatic rings. The molecule has 5 rings (SSSR count). The zero-order valence-electron chi connectivity index (χ0n) is 17.3. The number of carbonyl (C=O) groups excluding carboxylic acids is 2. The van der Waals surface area contributed by atoms with E-state index >= 15 is 0 Å². The van der Waals surface area contributed by atoms with Crippen molar-refractivity contribution in [2.45, 2.75) is 19.1 Å². The fourth-order valence-electron chi connectivity index (χ4n) is 4.43. The molecule has 0 aliphatic carbocycles. The molecule has 2 saturated heterocycles. The number of aryl methyl sites for hydroxylation is 1. The lowest BCUT2D eigenvalue weighted by Gasteiger charge is -2.29. The summed E-state index contributed by atoms with van der Waals surface area (Å²) in [6, 6.07) is 24.0. The van der Waals surface area contributed by atoms with Crippen LogP contribution in [0.4, 0.5) is 11.4 Å². The highest BCUT2D eigenvalue weighted by atomic mass is 16.7. The summed E-state index contributed by atoms with van der Waals surface area (Å²) in [7, 11) is 1.57. The first-order valence-electron chi connectivity index (χ1n) is 10.2. The summed E-state index contributed by atoms with van der Waals surface area (Å²) in [5, 5.41) is 1.72. The fraction of sp³-hybridized carbons (Fsp3) is 0.200. The topological polar surface area (TPSA) is 59.1 Å². The van der Waals surface area contributed by atoms with Gasteiger partial charge in [-0.3, -0.25) is 14.4 Å². The zero-order chi connectivity index (χ0) is 21.5. The van der Waals surface area contributed by atoms with Crippen molar-refractivity contribution >= 4 is 23.2 Å². The molecule has 156 valence electrons. The van der Waals surface area contributed by atoms with Gasteiger partial charge >= 0.3 is 0 Å². The lowest BCUT2D eigenvalue weighted by atomic mass is 9.88. The lowest BCUT2D eigenvalue weighted by molar-refractivity contribution is -0.126. The van der Waals surface area contributed by atoms with Crippen LogP contribution in [0.5, 0.6) is 5.75 Å². The van der Waals surface area contributed by atoms with Gasteiger partial charge in [0.2, 0.25) is 5.91 Å². The SMILES string of the molecule is COc1ccc(N2C(=O)[C@@H]3[C@@H](ON(c4ccccc4)[C@H]3c3ccccc3C)C2=O)cc1. The Hall–Kier alpha value is -3.64. The molecule has 3 aromatic carbocycles. The molecule has 2 fully saturated rings. The molecule has 2 amide bonds. The Morgan fingerprint density at radius 2 is 1.48 bits per heavy atom. The molecule has 0 radical (unpaired) electrons. The molecule has 6 heteroatoms. The second-order valence-corrected chi connectivity index (χ2v) is 7.72. The van der Waals surface area contributed by atoms with Crippen molar-refractivity contribution in [2.75, 3.05) is 17.1 Å². The van der Waals surface area contributed by atoms with E-state index in [9.17, 15) is 9.59 Å². The minimum absolute atomic E-state index is 0.258. The van der Waals surface area contributed by atoms with Gasteiger partial charge in [0.1, 0.15) is 11.7 Å². The number of methoxy groups -OCH3 is 1. The molecule has 0 aromatic heterocycles. The second kappa shape index (κ2) is 7.56. The number of anilines is 2. The number of carbonyl (C=O) groups is 2. The summed E-state index contributed by atoms with van der Waals surface area (Å²) in [5.41, 5.74) is 3.34. The van der Waals surface area contributed by atoms with Crippen LogP contribution in [0.1, 0.15) is 17.2 Å².